The number of hydrogen-bond donors (Lipinski definition) is 3. The third-order valence-electron chi connectivity index (χ3n) is 6.00. The first-order valence-corrected chi connectivity index (χ1v) is 11.9. The Morgan fingerprint density at radius 2 is 1.67 bits per heavy atom. The molecule has 2 fully saturated rings. The van der Waals surface area contributed by atoms with Crippen LogP contribution < -0.4 is 10.6 Å². The van der Waals surface area contributed by atoms with Crippen molar-refractivity contribution in [3.8, 4) is 0 Å². The Balaban J connectivity index is 0.00000385. The van der Waals surface area contributed by atoms with Crippen LogP contribution in [0.5, 0.6) is 0 Å². The number of nitrogens with one attached hydrogen (secondary N) is 2. The lowest BCUT2D eigenvalue weighted by molar-refractivity contribution is -0.0180. The average Bonchev–Trinajstić information content (AvgIpc) is 2.80. The van der Waals surface area contributed by atoms with Gasteiger partial charge in [0.25, 0.3) is 0 Å². The fraction of sp³-hybridized carbons (Fsp3) is 0.708. The zero-order chi connectivity index (χ0) is 22.8. The molecule has 2 unspecified atom stereocenters. The molecule has 2 aliphatic rings. The van der Waals surface area contributed by atoms with Gasteiger partial charge in [0.2, 0.25) is 0 Å². The molecule has 0 aromatic heterocycles. The van der Waals surface area contributed by atoms with Crippen molar-refractivity contribution in [2.75, 3.05) is 78.8 Å². The molecule has 33 heavy (non-hydrogen) atoms. The minimum atomic E-state index is -0.889. The summed E-state index contributed by atoms with van der Waals surface area (Å²) in [5.41, 5.74) is 1.67. The molecular formula is C24H42IN5O3. The molecule has 188 valence electrons. The van der Waals surface area contributed by atoms with Crippen LogP contribution in [-0.2, 0) is 9.47 Å². The molecular weight excluding hydrogens is 533 g/mol. The van der Waals surface area contributed by atoms with Gasteiger partial charge >= 0.3 is 0 Å². The van der Waals surface area contributed by atoms with Crippen LogP contribution in [0.25, 0.3) is 0 Å². The molecule has 2 aliphatic heterocycles. The highest BCUT2D eigenvalue weighted by molar-refractivity contribution is 14.0. The predicted molar refractivity (Wildman–Crippen MR) is 144 cm³/mol. The number of morpholine rings is 2. The van der Waals surface area contributed by atoms with Gasteiger partial charge < -0.3 is 25.2 Å². The molecule has 3 N–H and O–H groups in total. The fourth-order valence-corrected chi connectivity index (χ4v) is 4.21. The Hall–Kier alpha value is -0.980. The van der Waals surface area contributed by atoms with Gasteiger partial charge in [-0.05, 0) is 26.3 Å². The zero-order valence-corrected chi connectivity index (χ0v) is 22.7. The number of aliphatic hydroxyl groups is 1. The summed E-state index contributed by atoms with van der Waals surface area (Å²) in [7, 11) is 0. The molecule has 3 rings (SSSR count). The molecule has 0 saturated carbocycles. The van der Waals surface area contributed by atoms with Crippen LogP contribution >= 0.6 is 24.0 Å². The fourth-order valence-electron chi connectivity index (χ4n) is 4.21. The first-order chi connectivity index (χ1) is 15.5. The highest BCUT2D eigenvalue weighted by Gasteiger charge is 2.26. The average molecular weight is 576 g/mol. The molecule has 2 saturated heterocycles. The molecule has 8 nitrogen and oxygen atoms in total. The first-order valence-electron chi connectivity index (χ1n) is 11.9. The van der Waals surface area contributed by atoms with E-state index < -0.39 is 5.60 Å². The highest BCUT2D eigenvalue weighted by atomic mass is 127. The Morgan fingerprint density at radius 3 is 2.27 bits per heavy atom. The Kier molecular flexibility index (Phi) is 12.4. The maximum absolute atomic E-state index is 10.9. The topological polar surface area (TPSA) is 81.6 Å². The second-order valence-electron chi connectivity index (χ2n) is 9.04. The van der Waals surface area contributed by atoms with Gasteiger partial charge in [0.1, 0.15) is 0 Å². The molecule has 0 amide bonds. The molecule has 0 spiro atoms. The largest absolute Gasteiger partial charge is 0.387 e. The third kappa shape index (κ3) is 9.65. The SMILES string of the molecule is CCNC(=NCC(C)(O)CN1CCOCC1)NCC(c1ccc(C)cc1)N1CCOCC1.I. The number of aliphatic imine (C=N–C) groups is 1. The zero-order valence-electron chi connectivity index (χ0n) is 20.4. The van der Waals surface area contributed by atoms with E-state index in [0.29, 0.717) is 13.1 Å². The van der Waals surface area contributed by atoms with Crippen molar-refractivity contribution in [1.29, 1.82) is 0 Å². The lowest BCUT2D eigenvalue weighted by Crippen LogP contribution is -2.49. The van der Waals surface area contributed by atoms with Crippen LogP contribution in [0.2, 0.25) is 0 Å². The van der Waals surface area contributed by atoms with Gasteiger partial charge in [0.15, 0.2) is 5.96 Å². The summed E-state index contributed by atoms with van der Waals surface area (Å²) < 4.78 is 11.0. The monoisotopic (exact) mass is 575 g/mol. The summed E-state index contributed by atoms with van der Waals surface area (Å²) in [4.78, 5) is 9.43. The van der Waals surface area contributed by atoms with Crippen molar-refractivity contribution < 1.29 is 14.6 Å². The van der Waals surface area contributed by atoms with Gasteiger partial charge in [-0.25, -0.2) is 0 Å². The van der Waals surface area contributed by atoms with Crippen molar-refractivity contribution in [3.05, 3.63) is 35.4 Å². The van der Waals surface area contributed by atoms with Gasteiger partial charge in [0, 0.05) is 45.8 Å². The van der Waals surface area contributed by atoms with Gasteiger partial charge in [-0.3, -0.25) is 14.8 Å². The summed E-state index contributed by atoms with van der Waals surface area (Å²) in [6.45, 7) is 15.0. The smallest absolute Gasteiger partial charge is 0.191 e. The summed E-state index contributed by atoms with van der Waals surface area (Å²) >= 11 is 0. The van der Waals surface area contributed by atoms with Crippen LogP contribution in [0.4, 0.5) is 0 Å². The van der Waals surface area contributed by atoms with Gasteiger partial charge in [-0.2, -0.15) is 0 Å². The molecule has 1 aromatic rings. The minimum absolute atomic E-state index is 0. The maximum Gasteiger partial charge on any atom is 0.191 e. The van der Waals surface area contributed by atoms with E-state index in [2.05, 4.69) is 58.5 Å². The van der Waals surface area contributed by atoms with E-state index >= 15 is 0 Å². The lowest BCUT2D eigenvalue weighted by Gasteiger charge is -2.35. The second-order valence-corrected chi connectivity index (χ2v) is 9.04. The number of β-amino-alcohol motifs (C(OH)–C–C–N with tert-alkyl or cyclic N) is 1. The van der Waals surface area contributed by atoms with Crippen LogP contribution in [-0.4, -0.2) is 105 Å². The maximum atomic E-state index is 10.9. The van der Waals surface area contributed by atoms with Crippen molar-refractivity contribution in [2.45, 2.75) is 32.4 Å². The van der Waals surface area contributed by atoms with E-state index in [4.69, 9.17) is 14.5 Å². The molecule has 1 aromatic carbocycles. The normalized spacial score (nSPS) is 21.0. The van der Waals surface area contributed by atoms with E-state index in [-0.39, 0.29) is 30.0 Å². The van der Waals surface area contributed by atoms with E-state index in [9.17, 15) is 5.11 Å². The molecule has 2 atom stereocenters. The molecule has 0 bridgehead atoms. The van der Waals surface area contributed by atoms with Crippen molar-refractivity contribution in [2.24, 2.45) is 4.99 Å². The molecule has 9 heteroatoms. The van der Waals surface area contributed by atoms with Crippen LogP contribution in [0.3, 0.4) is 0 Å². The van der Waals surface area contributed by atoms with E-state index in [0.717, 1.165) is 71.7 Å². The van der Waals surface area contributed by atoms with Crippen LogP contribution in [0.1, 0.15) is 31.0 Å². The number of benzene rings is 1. The van der Waals surface area contributed by atoms with E-state index in [1.807, 2.05) is 6.92 Å². The summed E-state index contributed by atoms with van der Waals surface area (Å²) in [6, 6.07) is 9.01. The number of halogens is 1. The number of guanidine groups is 1. The number of rotatable bonds is 9. The van der Waals surface area contributed by atoms with Gasteiger partial charge in [-0.1, -0.05) is 29.8 Å². The minimum Gasteiger partial charge on any atom is -0.387 e. The van der Waals surface area contributed by atoms with Crippen molar-refractivity contribution in [1.82, 2.24) is 20.4 Å². The summed E-state index contributed by atoms with van der Waals surface area (Å²) in [5, 5.41) is 17.7. The number of nitrogens with zero attached hydrogens (tertiary/aromatic N) is 3. The lowest BCUT2D eigenvalue weighted by atomic mass is 10.0. The Bertz CT molecular complexity index is 705. The summed E-state index contributed by atoms with van der Waals surface area (Å²) in [5.74, 6) is 0.736. The van der Waals surface area contributed by atoms with Crippen LogP contribution in [0, 0.1) is 6.92 Å². The number of aryl methyl sites for hydroxylation is 1. The van der Waals surface area contributed by atoms with Crippen LogP contribution in [0.15, 0.2) is 29.3 Å². The Labute approximate surface area is 216 Å². The molecule has 2 heterocycles. The first kappa shape index (κ1) is 28.3. The standard InChI is InChI=1S/C24H41N5O3.HI/c1-4-25-23(27-18-24(3,30)19-28-9-13-31-14-10-28)26-17-22(29-11-15-32-16-12-29)21-7-5-20(2)6-8-21;/h5-8,22,30H,4,9-19H2,1-3H3,(H2,25,26,27);1H. The van der Waals surface area contributed by atoms with E-state index in [1.165, 1.54) is 11.1 Å². The third-order valence-corrected chi connectivity index (χ3v) is 6.00. The number of hydrogen-bond acceptors (Lipinski definition) is 6. The molecule has 0 aliphatic carbocycles. The van der Waals surface area contributed by atoms with Crippen molar-refractivity contribution in [3.63, 3.8) is 0 Å². The highest BCUT2D eigenvalue weighted by Crippen LogP contribution is 2.22. The quantitative estimate of drug-likeness (QED) is 0.235. The van der Waals surface area contributed by atoms with Crippen molar-refractivity contribution >= 4 is 29.9 Å². The Morgan fingerprint density at radius 1 is 1.06 bits per heavy atom. The van der Waals surface area contributed by atoms with E-state index in [1.54, 1.807) is 0 Å². The predicted octanol–water partition coefficient (Wildman–Crippen LogP) is 1.62. The number of ether oxygens (including phenoxy) is 2. The summed E-state index contributed by atoms with van der Waals surface area (Å²) in [6.07, 6.45) is 0. The second kappa shape index (κ2) is 14.4. The van der Waals surface area contributed by atoms with Gasteiger partial charge in [0.05, 0.1) is 44.6 Å². The molecule has 0 radical (unpaired) electrons. The van der Waals surface area contributed by atoms with Gasteiger partial charge in [-0.15, -0.1) is 24.0 Å².